The van der Waals surface area contributed by atoms with Crippen LogP contribution in [0.5, 0.6) is 0 Å². The van der Waals surface area contributed by atoms with Gasteiger partial charge in [-0.25, -0.2) is 8.42 Å². The highest BCUT2D eigenvalue weighted by Crippen LogP contribution is 2.18. The van der Waals surface area contributed by atoms with Gasteiger partial charge in [-0.05, 0) is 56.2 Å². The van der Waals surface area contributed by atoms with Gasteiger partial charge in [0.2, 0.25) is 0 Å². The van der Waals surface area contributed by atoms with Gasteiger partial charge in [0.25, 0.3) is 15.9 Å². The molecule has 6 nitrogen and oxygen atoms in total. The summed E-state index contributed by atoms with van der Waals surface area (Å²) in [6.45, 7) is 5.59. The van der Waals surface area contributed by atoms with E-state index in [2.05, 4.69) is 10.3 Å². The summed E-state index contributed by atoms with van der Waals surface area (Å²) in [5.74, 6) is -0.610. The van der Waals surface area contributed by atoms with Crippen molar-refractivity contribution in [1.29, 1.82) is 0 Å². The lowest BCUT2D eigenvalue weighted by atomic mass is 10.0. The van der Waals surface area contributed by atoms with Crippen LogP contribution in [0.15, 0.2) is 41.3 Å². The first-order valence-corrected chi connectivity index (χ1v) is 8.44. The molecule has 0 saturated carbocycles. The zero-order chi connectivity index (χ0) is 17.2. The van der Waals surface area contributed by atoms with E-state index in [0.29, 0.717) is 5.69 Å². The Morgan fingerprint density at radius 2 is 1.57 bits per heavy atom. The summed E-state index contributed by atoms with van der Waals surface area (Å²) in [6, 6.07) is 9.59. The van der Waals surface area contributed by atoms with E-state index in [4.69, 9.17) is 5.73 Å². The number of aryl methyl sites for hydroxylation is 3. The highest BCUT2D eigenvalue weighted by molar-refractivity contribution is 7.89. The largest absolute Gasteiger partial charge is 0.398 e. The molecule has 1 amide bonds. The van der Waals surface area contributed by atoms with Crippen molar-refractivity contribution in [3.05, 3.63) is 58.7 Å². The van der Waals surface area contributed by atoms with Crippen LogP contribution in [0, 0.1) is 20.8 Å². The van der Waals surface area contributed by atoms with Crippen molar-refractivity contribution >= 4 is 21.6 Å². The molecule has 0 atom stereocenters. The third kappa shape index (κ3) is 3.88. The fourth-order valence-electron chi connectivity index (χ4n) is 1.99. The van der Waals surface area contributed by atoms with Crippen molar-refractivity contribution in [2.75, 3.05) is 5.73 Å². The number of anilines is 1. The maximum atomic E-state index is 12.1. The molecule has 0 saturated heterocycles. The van der Waals surface area contributed by atoms with Crippen molar-refractivity contribution in [2.45, 2.75) is 25.7 Å². The zero-order valence-corrected chi connectivity index (χ0v) is 14.0. The molecule has 2 aromatic carbocycles. The van der Waals surface area contributed by atoms with Crippen LogP contribution in [0.4, 0.5) is 5.69 Å². The fourth-order valence-corrected chi connectivity index (χ4v) is 2.83. The summed E-state index contributed by atoms with van der Waals surface area (Å²) >= 11 is 0. The monoisotopic (exact) mass is 333 g/mol. The molecule has 0 heterocycles. The first-order valence-electron chi connectivity index (χ1n) is 6.96. The number of carbonyl (C=O) groups is 1. The average molecular weight is 333 g/mol. The normalized spacial score (nSPS) is 11.3. The number of amides is 1. The van der Waals surface area contributed by atoms with Gasteiger partial charge in [0.1, 0.15) is 0 Å². The van der Waals surface area contributed by atoms with E-state index >= 15 is 0 Å². The number of hydrazine groups is 1. The van der Waals surface area contributed by atoms with Crippen LogP contribution in [0.3, 0.4) is 0 Å². The SMILES string of the molecule is Cc1ccc(S(=O)(=O)NNC(=O)c2cc(C)c(C)cc2N)cc1. The summed E-state index contributed by atoms with van der Waals surface area (Å²) in [5.41, 5.74) is 11.3. The predicted octanol–water partition coefficient (Wildman–Crippen LogP) is 1.82. The maximum Gasteiger partial charge on any atom is 0.268 e. The lowest BCUT2D eigenvalue weighted by molar-refractivity contribution is 0.0946. The van der Waals surface area contributed by atoms with Crippen LogP contribution in [-0.4, -0.2) is 14.3 Å². The van der Waals surface area contributed by atoms with Gasteiger partial charge in [-0.3, -0.25) is 10.2 Å². The summed E-state index contributed by atoms with van der Waals surface area (Å²) in [4.78, 5) is 14.3. The van der Waals surface area contributed by atoms with E-state index in [-0.39, 0.29) is 10.5 Å². The topological polar surface area (TPSA) is 101 Å². The number of sulfonamides is 1. The third-order valence-electron chi connectivity index (χ3n) is 3.54. The molecule has 122 valence electrons. The highest BCUT2D eigenvalue weighted by Gasteiger charge is 2.17. The maximum absolute atomic E-state index is 12.1. The first-order chi connectivity index (χ1) is 10.7. The number of hydrogen-bond donors (Lipinski definition) is 3. The number of nitrogens with one attached hydrogen (secondary N) is 2. The minimum atomic E-state index is -3.83. The van der Waals surface area contributed by atoms with E-state index in [1.54, 1.807) is 24.3 Å². The molecule has 0 aliphatic heterocycles. The minimum Gasteiger partial charge on any atom is -0.398 e. The van der Waals surface area contributed by atoms with Gasteiger partial charge in [-0.15, -0.1) is 4.83 Å². The first kappa shape index (κ1) is 17.0. The van der Waals surface area contributed by atoms with Gasteiger partial charge in [-0.1, -0.05) is 17.7 Å². The van der Waals surface area contributed by atoms with Crippen LogP contribution >= 0.6 is 0 Å². The van der Waals surface area contributed by atoms with Crippen molar-refractivity contribution in [2.24, 2.45) is 0 Å². The Balaban J connectivity index is 2.15. The Bertz CT molecular complexity index is 844. The smallest absolute Gasteiger partial charge is 0.268 e. The van der Waals surface area contributed by atoms with Crippen LogP contribution in [0.1, 0.15) is 27.0 Å². The molecule has 0 fully saturated rings. The van der Waals surface area contributed by atoms with Crippen molar-refractivity contribution in [1.82, 2.24) is 10.3 Å². The average Bonchev–Trinajstić information content (AvgIpc) is 2.49. The standard InChI is InChI=1S/C16H19N3O3S/c1-10-4-6-13(7-5-10)23(21,22)19-18-16(20)14-8-11(2)12(3)9-15(14)17/h4-9,19H,17H2,1-3H3,(H,18,20). The summed E-state index contributed by atoms with van der Waals surface area (Å²) in [7, 11) is -3.83. The number of benzene rings is 2. The number of carbonyl (C=O) groups excluding carboxylic acids is 1. The minimum absolute atomic E-state index is 0.0662. The van der Waals surface area contributed by atoms with Crippen molar-refractivity contribution < 1.29 is 13.2 Å². The van der Waals surface area contributed by atoms with Gasteiger partial charge >= 0.3 is 0 Å². The van der Waals surface area contributed by atoms with Crippen LogP contribution in [0.2, 0.25) is 0 Å². The molecule has 0 aliphatic rings. The molecule has 0 bridgehead atoms. The lowest BCUT2D eigenvalue weighted by Gasteiger charge is -2.11. The highest BCUT2D eigenvalue weighted by atomic mass is 32.2. The molecule has 2 aromatic rings. The second-order valence-corrected chi connectivity index (χ2v) is 7.08. The molecular weight excluding hydrogens is 314 g/mol. The Labute approximate surface area is 135 Å². The molecule has 0 unspecified atom stereocenters. The number of nitrogen functional groups attached to an aromatic ring is 1. The predicted molar refractivity (Wildman–Crippen MR) is 89.3 cm³/mol. The van der Waals surface area contributed by atoms with E-state index in [1.807, 2.05) is 20.8 Å². The molecule has 2 rings (SSSR count). The van der Waals surface area contributed by atoms with E-state index in [9.17, 15) is 13.2 Å². The van der Waals surface area contributed by atoms with Gasteiger partial charge < -0.3 is 5.73 Å². The fraction of sp³-hybridized carbons (Fsp3) is 0.188. The van der Waals surface area contributed by atoms with Gasteiger partial charge in [0.05, 0.1) is 10.5 Å². The second-order valence-electron chi connectivity index (χ2n) is 5.40. The van der Waals surface area contributed by atoms with Gasteiger partial charge in [-0.2, -0.15) is 0 Å². The summed E-state index contributed by atoms with van der Waals surface area (Å²) in [5, 5.41) is 0. The molecule has 0 spiro atoms. The molecule has 0 radical (unpaired) electrons. The molecule has 0 aliphatic carbocycles. The van der Waals surface area contributed by atoms with E-state index < -0.39 is 15.9 Å². The third-order valence-corrected chi connectivity index (χ3v) is 4.80. The molecule has 7 heteroatoms. The van der Waals surface area contributed by atoms with E-state index in [1.165, 1.54) is 12.1 Å². The Kier molecular flexibility index (Phi) is 4.72. The van der Waals surface area contributed by atoms with Gasteiger partial charge in [0.15, 0.2) is 0 Å². The number of rotatable bonds is 4. The number of hydrogen-bond acceptors (Lipinski definition) is 4. The lowest BCUT2D eigenvalue weighted by Crippen LogP contribution is -2.41. The molecule has 4 N–H and O–H groups in total. The molecule has 23 heavy (non-hydrogen) atoms. The molecular formula is C16H19N3O3S. The summed E-state index contributed by atoms with van der Waals surface area (Å²) in [6.07, 6.45) is 0. The van der Waals surface area contributed by atoms with Crippen LogP contribution < -0.4 is 16.0 Å². The Morgan fingerprint density at radius 1 is 1.00 bits per heavy atom. The van der Waals surface area contributed by atoms with Crippen LogP contribution in [0.25, 0.3) is 0 Å². The quantitative estimate of drug-likeness (QED) is 0.587. The van der Waals surface area contributed by atoms with Crippen molar-refractivity contribution in [3.63, 3.8) is 0 Å². The Hall–Kier alpha value is -2.38. The second kappa shape index (κ2) is 6.39. The van der Waals surface area contributed by atoms with Crippen LogP contribution in [-0.2, 0) is 10.0 Å². The van der Waals surface area contributed by atoms with E-state index in [0.717, 1.165) is 16.7 Å². The van der Waals surface area contributed by atoms with Gasteiger partial charge in [0, 0.05) is 5.69 Å². The summed E-state index contributed by atoms with van der Waals surface area (Å²) < 4.78 is 24.3. The number of nitrogens with two attached hydrogens (primary N) is 1. The zero-order valence-electron chi connectivity index (χ0n) is 13.2. The van der Waals surface area contributed by atoms with Crippen molar-refractivity contribution in [3.8, 4) is 0 Å². The Morgan fingerprint density at radius 3 is 2.17 bits per heavy atom. The molecule has 0 aromatic heterocycles.